The molecule has 102 valence electrons. The lowest BCUT2D eigenvalue weighted by Crippen LogP contribution is -2.25. The molecule has 2 aliphatic rings. The van der Waals surface area contributed by atoms with E-state index in [1.165, 1.54) is 12.1 Å². The first-order chi connectivity index (χ1) is 9.13. The zero-order valence-corrected chi connectivity index (χ0v) is 10.5. The second kappa shape index (κ2) is 4.86. The van der Waals surface area contributed by atoms with Crippen molar-refractivity contribution in [1.82, 2.24) is 10.2 Å². The van der Waals surface area contributed by atoms with E-state index in [-0.39, 0.29) is 0 Å². The Labute approximate surface area is 110 Å². The lowest BCUT2D eigenvalue weighted by molar-refractivity contribution is -0.387. The van der Waals surface area contributed by atoms with Gasteiger partial charge in [-0.05, 0) is 36.6 Å². The minimum atomic E-state index is -0.747. The number of hydrogen-bond donors (Lipinski definition) is 1. The Morgan fingerprint density at radius 1 is 1.37 bits per heavy atom. The fourth-order valence-corrected chi connectivity index (χ4v) is 3.14. The molecule has 2 heterocycles. The average Bonchev–Trinajstić information content (AvgIpc) is 2.89. The third kappa shape index (κ3) is 2.46. The van der Waals surface area contributed by atoms with E-state index in [2.05, 4.69) is 10.2 Å². The molecule has 1 N–H and O–H groups in total. The highest BCUT2D eigenvalue weighted by Gasteiger charge is 2.35. The van der Waals surface area contributed by atoms with Crippen LogP contribution in [0.4, 0.5) is 10.1 Å². The monoisotopic (exact) mass is 265 g/mol. The number of hydrogen-bond acceptors (Lipinski definition) is 4. The van der Waals surface area contributed by atoms with E-state index in [4.69, 9.17) is 0 Å². The first-order valence-electron chi connectivity index (χ1n) is 6.49. The summed E-state index contributed by atoms with van der Waals surface area (Å²) in [6.45, 7) is 4.85. The van der Waals surface area contributed by atoms with E-state index in [1.54, 1.807) is 6.07 Å². The Balaban J connectivity index is 1.67. The number of nitrogens with one attached hydrogen (secondary N) is 1. The van der Waals surface area contributed by atoms with Crippen molar-refractivity contribution in [1.29, 1.82) is 0 Å². The molecule has 0 saturated carbocycles. The van der Waals surface area contributed by atoms with Gasteiger partial charge in [0.05, 0.1) is 4.92 Å². The van der Waals surface area contributed by atoms with Gasteiger partial charge in [-0.15, -0.1) is 0 Å². The van der Waals surface area contributed by atoms with Crippen LogP contribution < -0.4 is 5.32 Å². The van der Waals surface area contributed by atoms with Crippen LogP contribution in [-0.2, 0) is 6.54 Å². The molecule has 19 heavy (non-hydrogen) atoms. The van der Waals surface area contributed by atoms with Crippen LogP contribution in [0.25, 0.3) is 0 Å². The van der Waals surface area contributed by atoms with Gasteiger partial charge in [0.2, 0.25) is 5.82 Å². The smallest absolute Gasteiger partial charge is 0.304 e. The van der Waals surface area contributed by atoms with E-state index in [9.17, 15) is 14.5 Å². The number of likely N-dealkylation sites (tertiary alicyclic amines) is 1. The van der Waals surface area contributed by atoms with Gasteiger partial charge < -0.3 is 5.32 Å². The highest BCUT2D eigenvalue weighted by molar-refractivity contribution is 5.35. The van der Waals surface area contributed by atoms with Gasteiger partial charge >= 0.3 is 5.69 Å². The molecule has 1 aromatic carbocycles. The standard InChI is InChI=1S/C13H16FN3O2/c14-12-3-9(1-2-13(12)17(18)19)6-16-7-10-4-15-5-11(10)8-16/h1-3,10-11,15H,4-8H2. The number of benzene rings is 1. The summed E-state index contributed by atoms with van der Waals surface area (Å²) in [6.07, 6.45) is 0. The zero-order chi connectivity index (χ0) is 13.4. The predicted octanol–water partition coefficient (Wildman–Crippen LogP) is 1.39. The second-order valence-corrected chi connectivity index (χ2v) is 5.42. The molecule has 2 fully saturated rings. The molecule has 0 bridgehead atoms. The molecule has 0 aliphatic carbocycles. The SMILES string of the molecule is O=[N+]([O-])c1ccc(CN2CC3CNCC3C2)cc1F. The van der Waals surface area contributed by atoms with Gasteiger partial charge in [-0.25, -0.2) is 0 Å². The number of nitro groups is 1. The van der Waals surface area contributed by atoms with E-state index in [0.29, 0.717) is 18.4 Å². The van der Waals surface area contributed by atoms with Crippen LogP contribution in [0.2, 0.25) is 0 Å². The second-order valence-electron chi connectivity index (χ2n) is 5.42. The molecular weight excluding hydrogens is 249 g/mol. The van der Waals surface area contributed by atoms with Gasteiger partial charge in [-0.1, -0.05) is 6.07 Å². The van der Waals surface area contributed by atoms with Crippen molar-refractivity contribution in [3.8, 4) is 0 Å². The number of nitrogens with zero attached hydrogens (tertiary/aromatic N) is 2. The van der Waals surface area contributed by atoms with E-state index in [0.717, 1.165) is 31.7 Å². The minimum Gasteiger partial charge on any atom is -0.316 e. The molecule has 2 atom stereocenters. The molecule has 6 heteroatoms. The van der Waals surface area contributed by atoms with Crippen molar-refractivity contribution in [3.63, 3.8) is 0 Å². The Morgan fingerprint density at radius 3 is 2.63 bits per heavy atom. The Bertz CT molecular complexity index is 497. The van der Waals surface area contributed by atoms with Crippen LogP contribution in [0, 0.1) is 27.8 Å². The third-order valence-corrected chi connectivity index (χ3v) is 4.08. The lowest BCUT2D eigenvalue weighted by atomic mass is 10.0. The van der Waals surface area contributed by atoms with Gasteiger partial charge in [0.15, 0.2) is 0 Å². The van der Waals surface area contributed by atoms with Crippen LogP contribution in [-0.4, -0.2) is 36.0 Å². The molecule has 0 spiro atoms. The van der Waals surface area contributed by atoms with Crippen molar-refractivity contribution >= 4 is 5.69 Å². The molecule has 3 rings (SSSR count). The number of nitro benzene ring substituents is 1. The lowest BCUT2D eigenvalue weighted by Gasteiger charge is -2.16. The first-order valence-corrected chi connectivity index (χ1v) is 6.49. The van der Waals surface area contributed by atoms with Crippen molar-refractivity contribution in [2.24, 2.45) is 11.8 Å². The van der Waals surface area contributed by atoms with E-state index >= 15 is 0 Å². The first kappa shape index (κ1) is 12.5. The van der Waals surface area contributed by atoms with Crippen molar-refractivity contribution in [3.05, 3.63) is 39.7 Å². The van der Waals surface area contributed by atoms with Gasteiger partial charge in [0, 0.05) is 25.7 Å². The molecule has 1 aromatic rings. The highest BCUT2D eigenvalue weighted by atomic mass is 19.1. The van der Waals surface area contributed by atoms with E-state index < -0.39 is 16.4 Å². The fraction of sp³-hybridized carbons (Fsp3) is 0.538. The average molecular weight is 265 g/mol. The number of rotatable bonds is 3. The number of fused-ring (bicyclic) bond motifs is 1. The molecular formula is C13H16FN3O2. The topological polar surface area (TPSA) is 58.4 Å². The zero-order valence-electron chi connectivity index (χ0n) is 10.5. The van der Waals surface area contributed by atoms with Gasteiger partial charge in [-0.2, -0.15) is 4.39 Å². The molecule has 2 unspecified atom stereocenters. The Kier molecular flexibility index (Phi) is 3.20. The normalized spacial score (nSPS) is 26.6. The molecule has 0 radical (unpaired) electrons. The third-order valence-electron chi connectivity index (χ3n) is 4.08. The summed E-state index contributed by atoms with van der Waals surface area (Å²) in [5.41, 5.74) is 0.349. The highest BCUT2D eigenvalue weighted by Crippen LogP contribution is 2.28. The quantitative estimate of drug-likeness (QED) is 0.662. The summed E-state index contributed by atoms with van der Waals surface area (Å²) < 4.78 is 13.5. The van der Waals surface area contributed by atoms with E-state index in [1.807, 2.05) is 0 Å². The summed E-state index contributed by atoms with van der Waals surface area (Å²) in [7, 11) is 0. The Morgan fingerprint density at radius 2 is 2.05 bits per heavy atom. The summed E-state index contributed by atoms with van der Waals surface area (Å²) in [6, 6.07) is 4.18. The van der Waals surface area contributed by atoms with Crippen molar-refractivity contribution < 1.29 is 9.31 Å². The molecule has 2 aliphatic heterocycles. The summed E-state index contributed by atoms with van der Waals surface area (Å²) in [5, 5.41) is 13.9. The predicted molar refractivity (Wildman–Crippen MR) is 68.2 cm³/mol. The number of halogens is 1. The van der Waals surface area contributed by atoms with Crippen LogP contribution >= 0.6 is 0 Å². The largest absolute Gasteiger partial charge is 0.316 e. The minimum absolute atomic E-state index is 0.453. The maximum Gasteiger partial charge on any atom is 0.304 e. The maximum atomic E-state index is 13.5. The summed E-state index contributed by atoms with van der Waals surface area (Å²) in [5.74, 6) is 0.648. The molecule has 2 saturated heterocycles. The molecule has 0 aromatic heterocycles. The van der Waals surface area contributed by atoms with Gasteiger partial charge in [-0.3, -0.25) is 15.0 Å². The summed E-state index contributed by atoms with van der Waals surface area (Å²) >= 11 is 0. The van der Waals surface area contributed by atoms with Crippen LogP contribution in [0.1, 0.15) is 5.56 Å². The van der Waals surface area contributed by atoms with Crippen molar-refractivity contribution in [2.75, 3.05) is 26.2 Å². The fourth-order valence-electron chi connectivity index (χ4n) is 3.14. The molecule has 5 nitrogen and oxygen atoms in total. The molecule has 0 amide bonds. The Hall–Kier alpha value is -1.53. The summed E-state index contributed by atoms with van der Waals surface area (Å²) in [4.78, 5) is 12.2. The van der Waals surface area contributed by atoms with Crippen LogP contribution in [0.5, 0.6) is 0 Å². The maximum absolute atomic E-state index is 13.5. The van der Waals surface area contributed by atoms with Gasteiger partial charge in [0.25, 0.3) is 0 Å². The van der Waals surface area contributed by atoms with Gasteiger partial charge in [0.1, 0.15) is 0 Å². The van der Waals surface area contributed by atoms with Crippen LogP contribution in [0.15, 0.2) is 18.2 Å². The van der Waals surface area contributed by atoms with Crippen molar-refractivity contribution in [2.45, 2.75) is 6.54 Å². The van der Waals surface area contributed by atoms with Crippen LogP contribution in [0.3, 0.4) is 0 Å².